The zero-order valence-electron chi connectivity index (χ0n) is 22.8. The Labute approximate surface area is 240 Å². The highest BCUT2D eigenvalue weighted by molar-refractivity contribution is 7.88. The maximum atomic E-state index is 13.6. The van der Waals surface area contributed by atoms with Gasteiger partial charge < -0.3 is 14.4 Å². The number of hydrogen-bond donors (Lipinski definition) is 1. The van der Waals surface area contributed by atoms with Crippen molar-refractivity contribution in [3.05, 3.63) is 88.7 Å². The van der Waals surface area contributed by atoms with Crippen LogP contribution in [0.5, 0.6) is 11.5 Å². The number of anilines is 1. The van der Waals surface area contributed by atoms with E-state index < -0.39 is 27.8 Å². The van der Waals surface area contributed by atoms with Crippen LogP contribution in [0.25, 0.3) is 0 Å². The summed E-state index contributed by atoms with van der Waals surface area (Å²) in [4.78, 5) is 15.0. The van der Waals surface area contributed by atoms with Crippen molar-refractivity contribution in [2.45, 2.75) is 26.3 Å². The number of nitrogens with zero attached hydrogens (tertiary/aromatic N) is 1. The summed E-state index contributed by atoms with van der Waals surface area (Å²) in [5, 5.41) is 0.641. The second-order valence-corrected chi connectivity index (χ2v) is 11.6. The molecule has 0 aliphatic rings. The standard InChI is InChI=1S/C30H32ClFN2O5S/c1-21(2)29(33-40(4,36)37)30(35)34(26-14-12-25(32)13-15-26)18-17-23-9-16-27(28(20-23)38-3)39-19-5-6-22-7-10-24(31)11-8-22/h7-16,20-21,29,33H,17-19H2,1-4H3. The van der Waals surface area contributed by atoms with Crippen LogP contribution in [0.3, 0.4) is 0 Å². The van der Waals surface area contributed by atoms with Crippen molar-refractivity contribution < 1.29 is 27.1 Å². The summed E-state index contributed by atoms with van der Waals surface area (Å²) >= 11 is 5.90. The Balaban J connectivity index is 1.75. The number of carbonyl (C=O) groups is 1. The predicted octanol–water partition coefficient (Wildman–Crippen LogP) is 5.07. The van der Waals surface area contributed by atoms with Gasteiger partial charge in [0.05, 0.1) is 13.4 Å². The van der Waals surface area contributed by atoms with E-state index in [1.165, 1.54) is 36.3 Å². The molecule has 1 N–H and O–H groups in total. The first-order chi connectivity index (χ1) is 19.0. The molecule has 3 aromatic carbocycles. The molecule has 3 rings (SSSR count). The third-order valence-corrected chi connectivity index (χ3v) is 6.84. The van der Waals surface area contributed by atoms with E-state index in [0.717, 1.165) is 17.4 Å². The Hall–Kier alpha value is -3.58. The molecular formula is C30H32ClFN2O5S. The first-order valence-electron chi connectivity index (χ1n) is 12.5. The van der Waals surface area contributed by atoms with Crippen LogP contribution < -0.4 is 19.1 Å². The van der Waals surface area contributed by atoms with Crippen LogP contribution in [-0.4, -0.2) is 46.9 Å². The van der Waals surface area contributed by atoms with Crippen molar-refractivity contribution in [3.63, 3.8) is 0 Å². The van der Waals surface area contributed by atoms with Gasteiger partial charge >= 0.3 is 0 Å². The molecule has 1 atom stereocenters. The monoisotopic (exact) mass is 586 g/mol. The van der Waals surface area contributed by atoms with E-state index in [0.29, 0.717) is 28.6 Å². The molecule has 0 heterocycles. The predicted molar refractivity (Wildman–Crippen MR) is 156 cm³/mol. The van der Waals surface area contributed by atoms with Gasteiger partial charge in [0.2, 0.25) is 15.9 Å². The Morgan fingerprint density at radius 3 is 2.33 bits per heavy atom. The summed E-state index contributed by atoms with van der Waals surface area (Å²) in [6, 6.07) is 17.1. The molecule has 40 heavy (non-hydrogen) atoms. The highest BCUT2D eigenvalue weighted by Gasteiger charge is 2.30. The number of carbonyl (C=O) groups excluding carboxylic acids is 1. The van der Waals surface area contributed by atoms with Crippen LogP contribution in [0, 0.1) is 23.6 Å². The van der Waals surface area contributed by atoms with Gasteiger partial charge in [0.15, 0.2) is 11.5 Å². The van der Waals surface area contributed by atoms with Crippen LogP contribution >= 0.6 is 11.6 Å². The maximum Gasteiger partial charge on any atom is 0.245 e. The molecule has 0 aliphatic heterocycles. The number of rotatable bonds is 11. The lowest BCUT2D eigenvalue weighted by Crippen LogP contribution is -2.51. The second-order valence-electron chi connectivity index (χ2n) is 9.41. The molecule has 0 aliphatic carbocycles. The average molecular weight is 587 g/mol. The fourth-order valence-electron chi connectivity index (χ4n) is 3.87. The molecule has 0 spiro atoms. The van der Waals surface area contributed by atoms with E-state index in [1.54, 1.807) is 32.0 Å². The van der Waals surface area contributed by atoms with Gasteiger partial charge in [0.25, 0.3) is 0 Å². The van der Waals surface area contributed by atoms with E-state index >= 15 is 0 Å². The highest BCUT2D eigenvalue weighted by atomic mass is 35.5. The molecular weight excluding hydrogens is 555 g/mol. The molecule has 0 fully saturated rings. The molecule has 1 amide bonds. The van der Waals surface area contributed by atoms with Gasteiger partial charge in [0, 0.05) is 22.8 Å². The van der Waals surface area contributed by atoms with Gasteiger partial charge in [-0.2, -0.15) is 0 Å². The van der Waals surface area contributed by atoms with E-state index in [2.05, 4.69) is 16.6 Å². The van der Waals surface area contributed by atoms with Gasteiger partial charge in [0.1, 0.15) is 18.5 Å². The van der Waals surface area contributed by atoms with Crippen molar-refractivity contribution in [1.82, 2.24) is 4.72 Å². The Bertz CT molecular complexity index is 1470. The van der Waals surface area contributed by atoms with Crippen LogP contribution in [0.15, 0.2) is 66.7 Å². The number of nitrogens with one attached hydrogen (secondary N) is 1. The topological polar surface area (TPSA) is 84.9 Å². The lowest BCUT2D eigenvalue weighted by Gasteiger charge is -2.29. The Morgan fingerprint density at radius 2 is 1.73 bits per heavy atom. The second kappa shape index (κ2) is 14.2. The normalized spacial score (nSPS) is 11.9. The van der Waals surface area contributed by atoms with Crippen LogP contribution in [0.4, 0.5) is 10.1 Å². The summed E-state index contributed by atoms with van der Waals surface area (Å²) in [6.07, 6.45) is 1.43. The van der Waals surface area contributed by atoms with Gasteiger partial charge in [-0.3, -0.25) is 4.79 Å². The highest BCUT2D eigenvalue weighted by Crippen LogP contribution is 2.29. The third kappa shape index (κ3) is 9.26. The third-order valence-electron chi connectivity index (χ3n) is 5.91. The summed E-state index contributed by atoms with van der Waals surface area (Å²) in [5.41, 5.74) is 2.13. The van der Waals surface area contributed by atoms with Gasteiger partial charge in [-0.1, -0.05) is 43.4 Å². The molecule has 0 saturated heterocycles. The number of benzene rings is 3. The number of methoxy groups -OCH3 is 1. The van der Waals surface area contributed by atoms with E-state index in [4.69, 9.17) is 21.1 Å². The van der Waals surface area contributed by atoms with Crippen LogP contribution in [-0.2, 0) is 21.2 Å². The summed E-state index contributed by atoms with van der Waals surface area (Å²) in [7, 11) is -2.12. The number of amides is 1. The van der Waals surface area contributed by atoms with Crippen molar-refractivity contribution in [2.24, 2.45) is 5.92 Å². The number of ether oxygens (including phenoxy) is 2. The Kier molecular flexibility index (Phi) is 11.0. The SMILES string of the molecule is COc1cc(CCN(C(=O)C(NS(C)(=O)=O)C(C)C)c2ccc(F)cc2)ccc1OCC#Cc1ccc(Cl)cc1. The molecule has 3 aromatic rings. The zero-order valence-corrected chi connectivity index (χ0v) is 24.4. The fraction of sp³-hybridized carbons (Fsp3) is 0.300. The first-order valence-corrected chi connectivity index (χ1v) is 14.8. The number of sulfonamides is 1. The average Bonchev–Trinajstić information content (AvgIpc) is 2.91. The van der Waals surface area contributed by atoms with E-state index in [9.17, 15) is 17.6 Å². The minimum Gasteiger partial charge on any atom is -0.493 e. The van der Waals surface area contributed by atoms with Crippen LogP contribution in [0.2, 0.25) is 5.02 Å². The molecule has 0 bridgehead atoms. The molecule has 0 radical (unpaired) electrons. The minimum atomic E-state index is -3.65. The van der Waals surface area contributed by atoms with Crippen molar-refractivity contribution >= 4 is 33.2 Å². The van der Waals surface area contributed by atoms with Crippen LogP contribution in [0.1, 0.15) is 25.0 Å². The first kappa shape index (κ1) is 31.0. The quantitative estimate of drug-likeness (QED) is 0.317. The molecule has 10 heteroatoms. The molecule has 7 nitrogen and oxygen atoms in total. The van der Waals surface area contributed by atoms with Gasteiger partial charge in [-0.25, -0.2) is 17.5 Å². The molecule has 212 valence electrons. The summed E-state index contributed by atoms with van der Waals surface area (Å²) < 4.78 is 51.2. The Morgan fingerprint density at radius 1 is 1.05 bits per heavy atom. The molecule has 1 unspecified atom stereocenters. The van der Waals surface area contributed by atoms with Crippen molar-refractivity contribution in [2.75, 3.05) is 31.4 Å². The van der Waals surface area contributed by atoms with Crippen molar-refractivity contribution in [3.8, 4) is 23.3 Å². The molecule has 0 aromatic heterocycles. The van der Waals surface area contributed by atoms with Gasteiger partial charge in [-0.05, 0) is 78.6 Å². The van der Waals surface area contributed by atoms with Crippen molar-refractivity contribution in [1.29, 1.82) is 0 Å². The fourth-order valence-corrected chi connectivity index (χ4v) is 4.83. The minimum absolute atomic E-state index is 0.148. The lowest BCUT2D eigenvalue weighted by molar-refractivity contribution is -0.121. The number of halogens is 2. The largest absolute Gasteiger partial charge is 0.493 e. The van der Waals surface area contributed by atoms with E-state index in [1.807, 2.05) is 24.3 Å². The summed E-state index contributed by atoms with van der Waals surface area (Å²) in [5.74, 6) is 5.79. The zero-order chi connectivity index (χ0) is 29.3. The van der Waals surface area contributed by atoms with Gasteiger partial charge in [-0.15, -0.1) is 0 Å². The smallest absolute Gasteiger partial charge is 0.245 e. The number of hydrogen-bond acceptors (Lipinski definition) is 5. The summed E-state index contributed by atoms with van der Waals surface area (Å²) in [6.45, 7) is 3.88. The molecule has 0 saturated carbocycles. The lowest BCUT2D eigenvalue weighted by atomic mass is 10.0. The van der Waals surface area contributed by atoms with E-state index in [-0.39, 0.29) is 19.1 Å². The maximum absolute atomic E-state index is 13.6.